The van der Waals surface area contributed by atoms with Gasteiger partial charge in [-0.05, 0) is 12.1 Å². The number of anilines is 1. The lowest BCUT2D eigenvalue weighted by Gasteiger charge is -2.49. The highest BCUT2D eigenvalue weighted by atomic mass is 32.2. The molecule has 2 atom stereocenters. The van der Waals surface area contributed by atoms with Gasteiger partial charge in [-0.25, -0.2) is 14.3 Å². The lowest BCUT2D eigenvalue weighted by Crippen LogP contribution is -2.71. The Kier molecular flexibility index (Phi) is 8.46. The summed E-state index contributed by atoms with van der Waals surface area (Å²) in [6, 6.07) is 4.85. The molecule has 2 aliphatic rings. The molecule has 1 fully saturated rings. The Morgan fingerprint density at radius 1 is 1.41 bits per heavy atom. The summed E-state index contributed by atoms with van der Waals surface area (Å²) >= 11 is 4.08. The highest BCUT2D eigenvalue weighted by Crippen LogP contribution is 2.40. The molecule has 0 aromatic carbocycles. The van der Waals surface area contributed by atoms with E-state index in [1.165, 1.54) is 23.8 Å². The van der Waals surface area contributed by atoms with Crippen molar-refractivity contribution >= 4 is 75.5 Å². The van der Waals surface area contributed by atoms with Crippen molar-refractivity contribution < 1.29 is 33.7 Å². The zero-order chi connectivity index (χ0) is 29.1. The Balaban J connectivity index is 1.34. The second kappa shape index (κ2) is 12.2. The summed E-state index contributed by atoms with van der Waals surface area (Å²) in [6.07, 6.45) is 4.41. The number of thioether (sulfide) groups is 2. The van der Waals surface area contributed by atoms with Gasteiger partial charge in [0.2, 0.25) is 6.41 Å². The van der Waals surface area contributed by atoms with Crippen LogP contribution in [-0.4, -0.2) is 85.9 Å². The van der Waals surface area contributed by atoms with Crippen LogP contribution in [0.2, 0.25) is 0 Å². The van der Waals surface area contributed by atoms with E-state index in [0.29, 0.717) is 30.0 Å². The minimum atomic E-state index is -1.22. The third-order valence-electron chi connectivity index (χ3n) is 6.30. The fourth-order valence-corrected chi connectivity index (χ4v) is 7.31. The van der Waals surface area contributed by atoms with Crippen LogP contribution in [0.5, 0.6) is 0 Å². The van der Waals surface area contributed by atoms with E-state index < -0.39 is 29.2 Å². The van der Waals surface area contributed by atoms with E-state index in [1.54, 1.807) is 17.1 Å². The van der Waals surface area contributed by atoms with E-state index in [4.69, 9.17) is 10.6 Å². The fourth-order valence-electron chi connectivity index (χ4n) is 4.53. The van der Waals surface area contributed by atoms with E-state index in [0.717, 1.165) is 22.0 Å². The van der Waals surface area contributed by atoms with Gasteiger partial charge in [0.1, 0.15) is 48.9 Å². The number of aliphatic carboxylic acids is 1. The second-order valence-corrected chi connectivity index (χ2v) is 11.9. The number of nitrogens with two attached hydrogens (primary N) is 1. The summed E-state index contributed by atoms with van der Waals surface area (Å²) in [7, 11) is 1.28. The number of rotatable bonds is 12. The SMILES string of the molecule is CO/N=C(\C(=O)N[C@@H]1C(=O)N2C(C(=O)O)=C(C[n+]3ccn4c(SCCNC=O)cccc43)CS[C@@H]12)c1csc(N)n1. The van der Waals surface area contributed by atoms with Crippen molar-refractivity contribution in [2.75, 3.05) is 30.9 Å². The van der Waals surface area contributed by atoms with Crippen molar-refractivity contribution in [2.24, 2.45) is 5.16 Å². The predicted molar refractivity (Wildman–Crippen MR) is 152 cm³/mol. The quantitative estimate of drug-likeness (QED) is 0.0407. The third kappa shape index (κ3) is 5.59. The number of carboxylic acids is 1. The molecule has 214 valence electrons. The maximum Gasteiger partial charge on any atom is 0.352 e. The molecule has 17 heteroatoms. The Hall–Kier alpha value is -4.09. The predicted octanol–water partition coefficient (Wildman–Crippen LogP) is -0.107. The number of carbonyl (C=O) groups is 4. The number of oxime groups is 1. The Bertz CT molecular complexity index is 1580. The Morgan fingerprint density at radius 3 is 2.95 bits per heavy atom. The molecule has 3 amide bonds. The lowest BCUT2D eigenvalue weighted by atomic mass is 10.0. The Labute approximate surface area is 245 Å². The summed E-state index contributed by atoms with van der Waals surface area (Å²) in [5, 5.41) is 21.3. The van der Waals surface area contributed by atoms with Gasteiger partial charge in [0.05, 0.1) is 0 Å². The monoisotopic (exact) mass is 617 g/mol. The minimum Gasteiger partial charge on any atom is -0.477 e. The number of fused-ring (bicyclic) bond motifs is 2. The van der Waals surface area contributed by atoms with Crippen molar-refractivity contribution in [3.8, 4) is 0 Å². The molecule has 0 spiro atoms. The second-order valence-electron chi connectivity index (χ2n) is 8.75. The maximum absolute atomic E-state index is 13.2. The zero-order valence-corrected chi connectivity index (χ0v) is 24.0. The van der Waals surface area contributed by atoms with Crippen molar-refractivity contribution in [3.05, 3.63) is 52.9 Å². The number of nitrogens with zero attached hydrogens (tertiary/aromatic N) is 5. The van der Waals surface area contributed by atoms with Gasteiger partial charge < -0.3 is 26.3 Å². The third-order valence-corrected chi connectivity index (χ3v) is 9.35. The van der Waals surface area contributed by atoms with E-state index in [-0.39, 0.29) is 28.8 Å². The standard InChI is InChI=1S/C24H24N8O6S3/c1-38-29-17(14-11-41-24(25)27-14)20(34)28-18-21(35)32-19(23(36)37)13(10-40-22(18)32)9-30-6-7-31-15(30)3-2-4-16(31)39-8-5-26-12-33/h2-4,6-7,11-12,18,22H,5,8-10H2,1H3,(H4-,25,26,27,28,33,34,36,37)/p+1/b29-17-/t18-,22+/m1/s1. The normalized spacial score (nSPS) is 18.6. The fraction of sp³-hybridized carbons (Fsp3) is 0.292. The molecule has 5 N–H and O–H groups in total. The molecule has 3 aromatic rings. The van der Waals surface area contributed by atoms with Gasteiger partial charge in [-0.1, -0.05) is 16.9 Å². The van der Waals surface area contributed by atoms with Crippen LogP contribution < -0.4 is 20.9 Å². The van der Waals surface area contributed by atoms with Gasteiger partial charge in [-0.2, -0.15) is 4.40 Å². The zero-order valence-electron chi connectivity index (χ0n) is 21.6. The highest BCUT2D eigenvalue weighted by molar-refractivity contribution is 8.00. The van der Waals surface area contributed by atoms with Crippen LogP contribution >= 0.6 is 34.9 Å². The number of nitrogen functional groups attached to an aromatic ring is 1. The first-order valence-electron chi connectivity index (χ1n) is 12.2. The summed E-state index contributed by atoms with van der Waals surface area (Å²) in [4.78, 5) is 59.1. The molecule has 14 nitrogen and oxygen atoms in total. The summed E-state index contributed by atoms with van der Waals surface area (Å²) < 4.78 is 3.91. The van der Waals surface area contributed by atoms with E-state index in [9.17, 15) is 24.3 Å². The van der Waals surface area contributed by atoms with E-state index in [2.05, 4.69) is 20.8 Å². The number of β-lactam (4-membered cyclic amide) rings is 1. The molecule has 0 radical (unpaired) electrons. The van der Waals surface area contributed by atoms with Crippen molar-refractivity contribution in [2.45, 2.75) is 23.0 Å². The molecular formula is C24H25N8O6S3+. The molecular weight excluding hydrogens is 593 g/mol. The first-order valence-corrected chi connectivity index (χ1v) is 15.1. The van der Waals surface area contributed by atoms with Crippen molar-refractivity contribution in [1.82, 2.24) is 24.9 Å². The van der Waals surface area contributed by atoms with E-state index in [1.807, 2.05) is 39.6 Å². The average molecular weight is 618 g/mol. The van der Waals surface area contributed by atoms with Crippen LogP contribution in [0.1, 0.15) is 5.69 Å². The average Bonchev–Trinajstić information content (AvgIpc) is 3.58. The number of hydrogen-bond acceptors (Lipinski definition) is 11. The van der Waals surface area contributed by atoms with Gasteiger partial charge in [0, 0.05) is 35.1 Å². The molecule has 41 heavy (non-hydrogen) atoms. The molecule has 1 saturated heterocycles. The van der Waals surface area contributed by atoms with Crippen LogP contribution in [0.25, 0.3) is 5.65 Å². The van der Waals surface area contributed by atoms with Crippen LogP contribution in [0.15, 0.2) is 57.4 Å². The molecule has 0 bridgehead atoms. The number of imidazole rings is 1. The van der Waals surface area contributed by atoms with E-state index >= 15 is 0 Å². The van der Waals surface area contributed by atoms with Crippen LogP contribution in [0.4, 0.5) is 5.13 Å². The topological polar surface area (TPSA) is 185 Å². The maximum atomic E-state index is 13.2. The number of hydrogen-bond donors (Lipinski definition) is 4. The van der Waals surface area contributed by atoms with Crippen LogP contribution in [-0.2, 0) is 30.6 Å². The minimum absolute atomic E-state index is 0.0837. The van der Waals surface area contributed by atoms with Crippen LogP contribution in [0.3, 0.4) is 0 Å². The molecule has 2 aliphatic heterocycles. The molecule has 0 saturated carbocycles. The molecule has 3 aromatic heterocycles. The molecule has 5 rings (SSSR count). The van der Waals surface area contributed by atoms with Gasteiger partial charge in [-0.15, -0.1) is 23.1 Å². The number of carbonyl (C=O) groups excluding carboxylic acids is 3. The number of carboxylic acid groups (broad SMARTS) is 1. The molecule has 5 heterocycles. The Morgan fingerprint density at radius 2 is 2.24 bits per heavy atom. The van der Waals surface area contributed by atoms with Gasteiger partial charge in [0.25, 0.3) is 17.5 Å². The lowest BCUT2D eigenvalue weighted by molar-refractivity contribution is -0.662. The summed E-state index contributed by atoms with van der Waals surface area (Å²) in [5.74, 6) is -1.40. The van der Waals surface area contributed by atoms with Crippen LogP contribution in [0, 0.1) is 0 Å². The smallest absolute Gasteiger partial charge is 0.352 e. The molecule has 0 unspecified atom stereocenters. The highest BCUT2D eigenvalue weighted by Gasteiger charge is 2.54. The number of aromatic nitrogens is 3. The van der Waals surface area contributed by atoms with Gasteiger partial charge in [-0.3, -0.25) is 19.3 Å². The first-order chi connectivity index (χ1) is 19.8. The van der Waals surface area contributed by atoms with Gasteiger partial charge in [0.15, 0.2) is 15.9 Å². The number of nitrogens with one attached hydrogen (secondary N) is 2. The summed E-state index contributed by atoms with van der Waals surface area (Å²) in [6.45, 7) is 0.791. The van der Waals surface area contributed by atoms with Crippen molar-refractivity contribution in [1.29, 1.82) is 0 Å². The number of amides is 3. The first kappa shape index (κ1) is 28.4. The number of thiazole rings is 1. The van der Waals surface area contributed by atoms with Gasteiger partial charge >= 0.3 is 5.97 Å². The largest absolute Gasteiger partial charge is 0.477 e. The summed E-state index contributed by atoms with van der Waals surface area (Å²) in [5.41, 5.74) is 7.07. The molecule has 0 aliphatic carbocycles. The number of pyridine rings is 1. The van der Waals surface area contributed by atoms with Crippen molar-refractivity contribution in [3.63, 3.8) is 0 Å².